The van der Waals surface area contributed by atoms with Crippen molar-refractivity contribution in [2.75, 3.05) is 0 Å². The summed E-state index contributed by atoms with van der Waals surface area (Å²) in [6, 6.07) is 3.46. The fourth-order valence-electron chi connectivity index (χ4n) is 2.41. The van der Waals surface area contributed by atoms with Crippen molar-refractivity contribution in [2.45, 2.75) is 51.6 Å². The van der Waals surface area contributed by atoms with Crippen LogP contribution < -0.4 is 10.9 Å². The molecule has 0 radical (unpaired) electrons. The number of aromatic nitrogens is 3. The summed E-state index contributed by atoms with van der Waals surface area (Å²) in [5, 5.41) is 4.38. The number of carbonyl (C=O) groups excluding carboxylic acids is 2. The van der Waals surface area contributed by atoms with Crippen LogP contribution >= 0.6 is 15.9 Å². The second-order valence-electron chi connectivity index (χ2n) is 7.41. The van der Waals surface area contributed by atoms with E-state index in [1.165, 1.54) is 0 Å². The molecular formula is C16H20BrN5O3. The highest BCUT2D eigenvalue weighted by atomic mass is 79.9. The summed E-state index contributed by atoms with van der Waals surface area (Å²) in [6.45, 7) is 7.34. The van der Waals surface area contributed by atoms with Crippen LogP contribution in [0, 0.1) is 0 Å². The van der Waals surface area contributed by atoms with Crippen molar-refractivity contribution in [1.29, 1.82) is 0 Å². The first-order valence-corrected chi connectivity index (χ1v) is 8.73. The number of ether oxygens (including phenoxy) is 1. The van der Waals surface area contributed by atoms with Gasteiger partial charge in [-0.25, -0.2) is 19.7 Å². The molecule has 2 amide bonds. The molecule has 25 heavy (non-hydrogen) atoms. The molecule has 0 spiro atoms. The van der Waals surface area contributed by atoms with Gasteiger partial charge in [0, 0.05) is 11.5 Å². The molecule has 2 N–H and O–H groups in total. The Morgan fingerprint density at radius 2 is 1.96 bits per heavy atom. The fraction of sp³-hybridized carbons (Fsp3) is 0.500. The zero-order chi connectivity index (χ0) is 18.4. The molecule has 2 aromatic rings. The Labute approximate surface area is 153 Å². The van der Waals surface area contributed by atoms with Crippen molar-refractivity contribution in [3.63, 3.8) is 0 Å². The number of halogens is 1. The molecule has 0 atom stereocenters. The zero-order valence-electron chi connectivity index (χ0n) is 14.5. The highest BCUT2D eigenvalue weighted by Gasteiger charge is 2.42. The first-order chi connectivity index (χ1) is 11.6. The van der Waals surface area contributed by atoms with Gasteiger partial charge < -0.3 is 4.74 Å². The van der Waals surface area contributed by atoms with Gasteiger partial charge in [0.1, 0.15) is 15.9 Å². The molecule has 1 aliphatic carbocycles. The molecule has 2 aromatic heterocycles. The van der Waals surface area contributed by atoms with Crippen LogP contribution in [-0.4, -0.2) is 32.2 Å². The average Bonchev–Trinajstić information content (AvgIpc) is 3.11. The van der Waals surface area contributed by atoms with Crippen molar-refractivity contribution in [2.24, 2.45) is 0 Å². The lowest BCUT2D eigenvalue weighted by Crippen LogP contribution is -2.44. The maximum Gasteiger partial charge on any atom is 0.426 e. The number of hydrazine groups is 1. The van der Waals surface area contributed by atoms with E-state index in [0.29, 0.717) is 10.3 Å². The summed E-state index contributed by atoms with van der Waals surface area (Å²) in [4.78, 5) is 28.4. The van der Waals surface area contributed by atoms with Gasteiger partial charge in [-0.15, -0.1) is 0 Å². The van der Waals surface area contributed by atoms with Gasteiger partial charge in [0.15, 0.2) is 5.65 Å². The van der Waals surface area contributed by atoms with Crippen molar-refractivity contribution in [3.8, 4) is 0 Å². The van der Waals surface area contributed by atoms with Crippen molar-refractivity contribution in [3.05, 3.63) is 28.1 Å². The molecule has 1 fully saturated rings. The molecule has 2 heterocycles. The number of fused-ring (bicyclic) bond motifs is 1. The van der Waals surface area contributed by atoms with Crippen molar-refractivity contribution >= 4 is 33.6 Å². The normalized spacial score (nSPS) is 15.7. The Bertz CT molecular complexity index is 851. The van der Waals surface area contributed by atoms with Gasteiger partial charge in [0.05, 0.1) is 5.69 Å². The molecule has 1 saturated carbocycles. The number of rotatable bonds is 2. The Kier molecular flexibility index (Phi) is 4.22. The van der Waals surface area contributed by atoms with E-state index in [4.69, 9.17) is 4.74 Å². The lowest BCUT2D eigenvalue weighted by Gasteiger charge is -2.19. The summed E-state index contributed by atoms with van der Waals surface area (Å²) in [5.41, 5.74) is 5.59. The van der Waals surface area contributed by atoms with Crippen LogP contribution in [-0.2, 0) is 10.2 Å². The topological polar surface area (TPSA) is 97.6 Å². The maximum atomic E-state index is 12.4. The second-order valence-corrected chi connectivity index (χ2v) is 8.22. The largest absolute Gasteiger partial charge is 0.443 e. The molecule has 0 bridgehead atoms. The standard InChI is InChI=1S/C16H20BrN5O3/c1-15(2,3)25-14(24)20-19-13(23)9-7-10(16(4)5-6-16)22-12(18-9)8-11(17)21-22/h7-8H,5-6H2,1-4H3,(H,19,23)(H,20,24). The van der Waals surface area contributed by atoms with Crippen LogP contribution in [0.1, 0.15) is 56.7 Å². The fourth-order valence-corrected chi connectivity index (χ4v) is 2.78. The lowest BCUT2D eigenvalue weighted by molar-refractivity contribution is 0.0483. The zero-order valence-corrected chi connectivity index (χ0v) is 16.1. The van der Waals surface area contributed by atoms with Gasteiger partial charge in [-0.1, -0.05) is 6.92 Å². The third kappa shape index (κ3) is 3.92. The Morgan fingerprint density at radius 1 is 1.28 bits per heavy atom. The summed E-state index contributed by atoms with van der Waals surface area (Å²) in [6.07, 6.45) is 1.32. The predicted molar refractivity (Wildman–Crippen MR) is 94.1 cm³/mol. The molecule has 0 aromatic carbocycles. The highest BCUT2D eigenvalue weighted by Crippen LogP contribution is 2.47. The van der Waals surface area contributed by atoms with Crippen LogP contribution in [0.5, 0.6) is 0 Å². The second kappa shape index (κ2) is 5.98. The SMILES string of the molecule is CC(C)(C)OC(=O)NNC(=O)c1cc(C2(C)CC2)n2nc(Br)cc2n1. The van der Waals surface area contributed by atoms with Gasteiger partial charge in [0.2, 0.25) is 0 Å². The number of amides is 2. The van der Waals surface area contributed by atoms with E-state index in [1.807, 2.05) is 0 Å². The maximum absolute atomic E-state index is 12.4. The Hall–Kier alpha value is -2.16. The van der Waals surface area contributed by atoms with Crippen LogP contribution in [0.4, 0.5) is 4.79 Å². The highest BCUT2D eigenvalue weighted by molar-refractivity contribution is 9.10. The van der Waals surface area contributed by atoms with E-state index in [9.17, 15) is 9.59 Å². The third-order valence-electron chi connectivity index (χ3n) is 3.93. The number of nitrogens with one attached hydrogen (secondary N) is 2. The summed E-state index contributed by atoms with van der Waals surface area (Å²) in [7, 11) is 0. The first-order valence-electron chi connectivity index (χ1n) is 7.94. The molecule has 1 aliphatic rings. The van der Waals surface area contributed by atoms with E-state index < -0.39 is 17.6 Å². The summed E-state index contributed by atoms with van der Waals surface area (Å²) < 4.78 is 7.47. The molecule has 0 saturated heterocycles. The minimum atomic E-state index is -0.733. The quantitative estimate of drug-likeness (QED) is 0.742. The number of nitrogens with zero attached hydrogens (tertiary/aromatic N) is 3. The van der Waals surface area contributed by atoms with E-state index in [2.05, 4.69) is 43.8 Å². The molecule has 134 valence electrons. The van der Waals surface area contributed by atoms with Crippen molar-refractivity contribution in [1.82, 2.24) is 25.4 Å². The molecule has 8 nitrogen and oxygen atoms in total. The van der Waals surface area contributed by atoms with Gasteiger partial charge >= 0.3 is 6.09 Å². The number of hydrogen-bond acceptors (Lipinski definition) is 5. The molecule has 3 rings (SSSR count). The molecule has 0 aliphatic heterocycles. The van der Waals surface area contributed by atoms with E-state index in [0.717, 1.165) is 18.5 Å². The summed E-state index contributed by atoms with van der Waals surface area (Å²) >= 11 is 3.34. The number of carbonyl (C=O) groups is 2. The van der Waals surface area contributed by atoms with Gasteiger partial charge in [0.25, 0.3) is 5.91 Å². The van der Waals surface area contributed by atoms with Gasteiger partial charge in [-0.05, 0) is 55.6 Å². The smallest absolute Gasteiger partial charge is 0.426 e. The lowest BCUT2D eigenvalue weighted by atomic mass is 10.0. The van der Waals surface area contributed by atoms with Gasteiger partial charge in [-0.2, -0.15) is 5.10 Å². The number of hydrogen-bond donors (Lipinski definition) is 2. The van der Waals surface area contributed by atoms with Crippen LogP contribution in [0.2, 0.25) is 0 Å². The minimum absolute atomic E-state index is 0.0136. The van der Waals surface area contributed by atoms with E-state index >= 15 is 0 Å². The van der Waals surface area contributed by atoms with Crippen LogP contribution in [0.15, 0.2) is 16.7 Å². The molecular weight excluding hydrogens is 390 g/mol. The Balaban J connectivity index is 1.81. The average molecular weight is 410 g/mol. The van der Waals surface area contributed by atoms with E-state index in [-0.39, 0.29) is 11.1 Å². The summed E-state index contributed by atoms with van der Waals surface area (Å²) in [5.74, 6) is -0.517. The minimum Gasteiger partial charge on any atom is -0.443 e. The third-order valence-corrected chi connectivity index (χ3v) is 4.31. The van der Waals surface area contributed by atoms with Gasteiger partial charge in [-0.3, -0.25) is 10.2 Å². The molecule has 0 unspecified atom stereocenters. The van der Waals surface area contributed by atoms with Crippen LogP contribution in [0.3, 0.4) is 0 Å². The predicted octanol–water partition coefficient (Wildman–Crippen LogP) is 2.71. The van der Waals surface area contributed by atoms with E-state index in [1.54, 1.807) is 37.4 Å². The first kappa shape index (κ1) is 17.7. The Morgan fingerprint density at radius 3 is 2.56 bits per heavy atom. The monoisotopic (exact) mass is 409 g/mol. The van der Waals surface area contributed by atoms with Crippen LogP contribution in [0.25, 0.3) is 5.65 Å². The molecule has 9 heteroatoms. The van der Waals surface area contributed by atoms with Crippen molar-refractivity contribution < 1.29 is 14.3 Å².